The Morgan fingerprint density at radius 1 is 1.04 bits per heavy atom. The first-order chi connectivity index (χ1) is 23.8. The van der Waals surface area contributed by atoms with Gasteiger partial charge in [0.2, 0.25) is 0 Å². The van der Waals surface area contributed by atoms with Crippen molar-refractivity contribution in [2.24, 2.45) is 0 Å². The van der Waals surface area contributed by atoms with Crippen LogP contribution in [-0.2, 0) is 11.3 Å². The van der Waals surface area contributed by atoms with Crippen LogP contribution in [0.5, 0.6) is 6.01 Å². The monoisotopic (exact) mass is 662 g/mol. The lowest BCUT2D eigenvalue weighted by Gasteiger charge is -2.40. The molecule has 1 amide bonds. The summed E-state index contributed by atoms with van der Waals surface area (Å²) in [5.74, 6) is 0.878. The van der Waals surface area contributed by atoms with Crippen molar-refractivity contribution < 1.29 is 14.3 Å². The Balaban J connectivity index is 1.26. The normalized spacial score (nSPS) is 18.2. The van der Waals surface area contributed by atoms with Gasteiger partial charge < -0.3 is 24.2 Å². The number of nitriles is 1. The van der Waals surface area contributed by atoms with E-state index in [-0.39, 0.29) is 49.2 Å². The number of aromatic nitrogens is 6. The van der Waals surface area contributed by atoms with Crippen molar-refractivity contribution in [1.82, 2.24) is 39.5 Å². The first kappa shape index (κ1) is 32.0. The predicted octanol–water partition coefficient (Wildman–Crippen LogP) is 3.88. The van der Waals surface area contributed by atoms with Crippen LogP contribution in [0.1, 0.15) is 36.2 Å². The molecule has 0 aliphatic carbocycles. The van der Waals surface area contributed by atoms with Gasteiger partial charge in [0.05, 0.1) is 35.9 Å². The molecule has 1 N–H and O–H groups in total. The van der Waals surface area contributed by atoms with E-state index in [9.17, 15) is 14.9 Å². The molecule has 2 fully saturated rings. The van der Waals surface area contributed by atoms with Gasteiger partial charge in [-0.2, -0.15) is 20.3 Å². The van der Waals surface area contributed by atoms with Crippen LogP contribution in [0.2, 0.25) is 0 Å². The number of amides is 1. The van der Waals surface area contributed by atoms with Crippen molar-refractivity contribution in [3.05, 3.63) is 76.0 Å². The number of aromatic amines is 1. The SMILES string of the molecule is Cc1ccc2[nH]ncc2c1-n1c(C)nc2c(N3CCN(C(=O)OCc4ccccc4)[C@@H](CC#N)C3)nc(OC[C@@H]3CCCN3C)nc2c1=O. The summed E-state index contributed by atoms with van der Waals surface area (Å²) in [4.78, 5) is 47.9. The first-order valence-corrected chi connectivity index (χ1v) is 16.5. The Morgan fingerprint density at radius 3 is 2.65 bits per heavy atom. The van der Waals surface area contributed by atoms with Gasteiger partial charge in [0.1, 0.15) is 24.6 Å². The highest BCUT2D eigenvalue weighted by atomic mass is 16.6. The number of rotatable bonds is 8. The number of nitrogens with one attached hydrogen (secondary N) is 1. The maximum atomic E-state index is 14.5. The van der Waals surface area contributed by atoms with Crippen LogP contribution in [0.15, 0.2) is 53.5 Å². The van der Waals surface area contributed by atoms with Crippen LogP contribution in [0.4, 0.5) is 10.6 Å². The molecule has 0 bridgehead atoms. The molecule has 14 nitrogen and oxygen atoms in total. The van der Waals surface area contributed by atoms with Crippen LogP contribution < -0.4 is 15.2 Å². The second kappa shape index (κ2) is 13.5. The van der Waals surface area contributed by atoms with E-state index in [1.165, 1.54) is 0 Å². The number of benzene rings is 2. The molecule has 0 unspecified atom stereocenters. The standard InChI is InChI=1S/C35H38N10O4/c1-22-11-12-28-27(18-37-41-28)31(22)45-23(2)38-29-30(33(45)46)39-34(48-21-26-10-7-15-42(26)3)40-32(29)43-16-17-44(25(19-43)13-14-36)35(47)49-20-24-8-5-4-6-9-24/h4-6,8-9,11-12,18,25-26H,7,10,13,15-17,19-21H2,1-3H3,(H,37,41)/t25-,26-/m0/s1. The molecule has 49 heavy (non-hydrogen) atoms. The molecule has 2 saturated heterocycles. The molecular weight excluding hydrogens is 624 g/mol. The summed E-state index contributed by atoms with van der Waals surface area (Å²) in [5, 5.41) is 17.7. The van der Waals surface area contributed by atoms with Gasteiger partial charge in [-0.15, -0.1) is 0 Å². The lowest BCUT2D eigenvalue weighted by atomic mass is 10.1. The van der Waals surface area contributed by atoms with Crippen molar-refractivity contribution in [3.63, 3.8) is 0 Å². The van der Waals surface area contributed by atoms with E-state index in [1.54, 1.807) is 22.6 Å². The fraction of sp³-hybridized carbons (Fsp3) is 0.400. The number of carbonyl (C=O) groups excluding carboxylic acids is 1. The maximum absolute atomic E-state index is 14.5. The van der Waals surface area contributed by atoms with Crippen LogP contribution in [0, 0.1) is 25.2 Å². The summed E-state index contributed by atoms with van der Waals surface area (Å²) < 4.78 is 13.4. The molecular formula is C35H38N10O4. The smallest absolute Gasteiger partial charge is 0.410 e. The summed E-state index contributed by atoms with van der Waals surface area (Å²) in [6.45, 7) is 6.15. The van der Waals surface area contributed by atoms with Gasteiger partial charge in [0.25, 0.3) is 5.56 Å². The number of H-pyrrole nitrogens is 1. The largest absolute Gasteiger partial charge is 0.462 e. The molecule has 2 atom stereocenters. The molecule has 14 heteroatoms. The van der Waals surface area contributed by atoms with Gasteiger partial charge in [-0.25, -0.2) is 9.78 Å². The summed E-state index contributed by atoms with van der Waals surface area (Å²) in [6.07, 6.45) is 3.38. The average molecular weight is 663 g/mol. The number of carbonyl (C=O) groups is 1. The molecule has 2 aliphatic rings. The van der Waals surface area contributed by atoms with E-state index in [4.69, 9.17) is 19.4 Å². The zero-order chi connectivity index (χ0) is 34.1. The number of fused-ring (bicyclic) bond motifs is 2. The third kappa shape index (κ3) is 6.25. The number of likely N-dealkylation sites (tertiary alicyclic amines) is 1. The van der Waals surface area contributed by atoms with Gasteiger partial charge in [0, 0.05) is 31.1 Å². The number of ether oxygens (including phenoxy) is 2. The maximum Gasteiger partial charge on any atom is 0.410 e. The van der Waals surface area contributed by atoms with Crippen LogP contribution in [0.25, 0.3) is 27.6 Å². The van der Waals surface area contributed by atoms with Crippen LogP contribution >= 0.6 is 0 Å². The lowest BCUT2D eigenvalue weighted by molar-refractivity contribution is 0.0768. The van der Waals surface area contributed by atoms with E-state index in [2.05, 4.69) is 33.2 Å². The summed E-state index contributed by atoms with van der Waals surface area (Å²) in [6, 6.07) is 15.4. The highest BCUT2D eigenvalue weighted by Crippen LogP contribution is 2.30. The number of hydrogen-bond acceptors (Lipinski definition) is 11. The fourth-order valence-electron chi connectivity index (χ4n) is 6.83. The Labute approximate surface area is 282 Å². The van der Waals surface area contributed by atoms with Crippen molar-refractivity contribution in [2.75, 3.05) is 44.7 Å². The number of aryl methyl sites for hydroxylation is 2. The highest BCUT2D eigenvalue weighted by Gasteiger charge is 2.34. The molecule has 0 radical (unpaired) electrons. The lowest BCUT2D eigenvalue weighted by Crippen LogP contribution is -2.55. The predicted molar refractivity (Wildman–Crippen MR) is 183 cm³/mol. The summed E-state index contributed by atoms with van der Waals surface area (Å²) >= 11 is 0. The van der Waals surface area contributed by atoms with Crippen molar-refractivity contribution >= 4 is 33.8 Å². The first-order valence-electron chi connectivity index (χ1n) is 16.5. The van der Waals surface area contributed by atoms with Gasteiger partial charge >= 0.3 is 12.1 Å². The Kier molecular flexibility index (Phi) is 8.83. The van der Waals surface area contributed by atoms with E-state index < -0.39 is 12.1 Å². The molecule has 5 heterocycles. The fourth-order valence-corrected chi connectivity index (χ4v) is 6.83. The molecule has 5 aromatic rings. The number of nitrogens with zero attached hydrogens (tertiary/aromatic N) is 9. The van der Waals surface area contributed by atoms with E-state index in [0.717, 1.165) is 41.4 Å². The topological polar surface area (TPSA) is 158 Å². The van der Waals surface area contributed by atoms with Crippen molar-refractivity contribution in [2.45, 2.75) is 51.8 Å². The molecule has 252 valence electrons. The number of piperazine rings is 1. The van der Waals surface area contributed by atoms with Crippen LogP contribution in [-0.4, -0.2) is 97.5 Å². The minimum absolute atomic E-state index is 0.0804. The highest BCUT2D eigenvalue weighted by molar-refractivity contribution is 5.90. The zero-order valence-electron chi connectivity index (χ0n) is 27.8. The molecule has 2 aliphatic heterocycles. The minimum atomic E-state index is -0.485. The summed E-state index contributed by atoms with van der Waals surface area (Å²) in [7, 11) is 2.07. The average Bonchev–Trinajstić information content (AvgIpc) is 3.76. The quantitative estimate of drug-likeness (QED) is 0.257. The van der Waals surface area contributed by atoms with E-state index >= 15 is 0 Å². The van der Waals surface area contributed by atoms with Crippen molar-refractivity contribution in [3.8, 4) is 17.8 Å². The van der Waals surface area contributed by atoms with Gasteiger partial charge in [-0.3, -0.25) is 14.5 Å². The molecule has 7 rings (SSSR count). The van der Waals surface area contributed by atoms with Gasteiger partial charge in [-0.05, 0) is 57.5 Å². The van der Waals surface area contributed by atoms with E-state index in [0.29, 0.717) is 36.0 Å². The molecule has 0 spiro atoms. The van der Waals surface area contributed by atoms with Gasteiger partial charge in [0.15, 0.2) is 11.3 Å². The third-order valence-corrected chi connectivity index (χ3v) is 9.49. The Morgan fingerprint density at radius 2 is 1.88 bits per heavy atom. The minimum Gasteiger partial charge on any atom is -0.462 e. The second-order valence-corrected chi connectivity index (χ2v) is 12.7. The number of hydrogen-bond donors (Lipinski definition) is 1. The second-order valence-electron chi connectivity index (χ2n) is 12.7. The Hall–Kier alpha value is -5.55. The number of anilines is 1. The van der Waals surface area contributed by atoms with E-state index in [1.807, 2.05) is 54.3 Å². The molecule has 3 aromatic heterocycles. The molecule has 0 saturated carbocycles. The van der Waals surface area contributed by atoms with Gasteiger partial charge in [-0.1, -0.05) is 36.4 Å². The van der Waals surface area contributed by atoms with Crippen molar-refractivity contribution in [1.29, 1.82) is 5.26 Å². The number of likely N-dealkylation sites (N-methyl/N-ethyl adjacent to an activating group) is 1. The Bertz CT molecular complexity index is 2110. The van der Waals surface area contributed by atoms with Crippen LogP contribution in [0.3, 0.4) is 0 Å². The zero-order valence-corrected chi connectivity index (χ0v) is 27.8. The summed E-state index contributed by atoms with van der Waals surface area (Å²) in [5.41, 5.74) is 3.32. The molecule has 2 aromatic carbocycles. The third-order valence-electron chi connectivity index (χ3n) is 9.49.